The first kappa shape index (κ1) is 17.0. The Labute approximate surface area is 145 Å². The van der Waals surface area contributed by atoms with Crippen LogP contribution in [0.2, 0.25) is 0 Å². The first-order valence-corrected chi connectivity index (χ1v) is 8.54. The molecule has 0 aliphatic rings. The van der Waals surface area contributed by atoms with Crippen molar-refractivity contribution in [3.63, 3.8) is 0 Å². The zero-order chi connectivity index (χ0) is 16.1. The Morgan fingerprint density at radius 2 is 1.95 bits per heavy atom. The molecule has 0 atom stereocenters. The van der Waals surface area contributed by atoms with E-state index in [4.69, 9.17) is 12.2 Å². The van der Waals surface area contributed by atoms with Crippen molar-refractivity contribution in [2.24, 2.45) is 0 Å². The van der Waals surface area contributed by atoms with Crippen LogP contribution < -0.4 is 10.6 Å². The molecule has 1 aromatic carbocycles. The molecule has 0 unspecified atom stereocenters. The van der Waals surface area contributed by atoms with Crippen LogP contribution in [0.4, 0.5) is 5.69 Å². The average molecular weight is 381 g/mol. The van der Waals surface area contributed by atoms with Crippen LogP contribution in [0.25, 0.3) is 0 Å². The molecule has 0 bridgehead atoms. The Morgan fingerprint density at radius 3 is 2.59 bits per heavy atom. The third-order valence-corrected chi connectivity index (χ3v) is 4.18. The van der Waals surface area contributed by atoms with Crippen molar-refractivity contribution in [1.29, 1.82) is 0 Å². The number of anilines is 1. The van der Waals surface area contributed by atoms with Crippen molar-refractivity contribution in [3.05, 3.63) is 45.7 Å². The van der Waals surface area contributed by atoms with Crippen LogP contribution in [-0.2, 0) is 6.54 Å². The van der Waals surface area contributed by atoms with Gasteiger partial charge in [0.25, 0.3) is 0 Å². The molecule has 0 spiro atoms. The second-order valence-electron chi connectivity index (χ2n) is 5.21. The van der Waals surface area contributed by atoms with Gasteiger partial charge in [0.2, 0.25) is 0 Å². The molecule has 0 aliphatic carbocycles. The number of rotatable bonds is 5. The number of aryl methyl sites for hydroxylation is 1. The van der Waals surface area contributed by atoms with Gasteiger partial charge in [0.15, 0.2) is 5.11 Å². The van der Waals surface area contributed by atoms with Gasteiger partial charge in [-0.05, 0) is 50.2 Å². The van der Waals surface area contributed by atoms with Gasteiger partial charge in [-0.15, -0.1) is 0 Å². The quantitative estimate of drug-likeness (QED) is 0.768. The number of hydrogen-bond acceptors (Lipinski definition) is 2. The van der Waals surface area contributed by atoms with Crippen LogP contribution in [-0.4, -0.2) is 21.4 Å². The summed E-state index contributed by atoms with van der Waals surface area (Å²) in [5, 5.41) is 11.7. The van der Waals surface area contributed by atoms with Gasteiger partial charge in [0.05, 0.1) is 23.6 Å². The minimum atomic E-state index is 0.649. The molecule has 0 radical (unpaired) electrons. The lowest BCUT2D eigenvalue weighted by Gasteiger charge is -2.10. The number of aromatic nitrogens is 2. The zero-order valence-corrected chi connectivity index (χ0v) is 15.5. The summed E-state index contributed by atoms with van der Waals surface area (Å²) in [6, 6.07) is 8.29. The zero-order valence-electron chi connectivity index (χ0n) is 13.1. The maximum absolute atomic E-state index is 5.31. The molecule has 1 heterocycles. The lowest BCUT2D eigenvalue weighted by Crippen LogP contribution is -2.29. The predicted molar refractivity (Wildman–Crippen MR) is 99.5 cm³/mol. The summed E-state index contributed by atoms with van der Waals surface area (Å²) in [5.74, 6) is 0. The molecule has 2 aromatic rings. The summed E-state index contributed by atoms with van der Waals surface area (Å²) >= 11 is 8.76. The van der Waals surface area contributed by atoms with Crippen LogP contribution in [0.5, 0.6) is 0 Å². The number of hydrogen-bond donors (Lipinski definition) is 2. The summed E-state index contributed by atoms with van der Waals surface area (Å²) in [6.45, 7) is 7.79. The monoisotopic (exact) mass is 380 g/mol. The Kier molecular flexibility index (Phi) is 5.97. The second kappa shape index (κ2) is 7.74. The van der Waals surface area contributed by atoms with Gasteiger partial charge in [-0.3, -0.25) is 4.68 Å². The molecule has 0 fully saturated rings. The van der Waals surface area contributed by atoms with E-state index in [2.05, 4.69) is 57.6 Å². The van der Waals surface area contributed by atoms with E-state index in [0.717, 1.165) is 41.1 Å². The molecule has 22 heavy (non-hydrogen) atoms. The summed E-state index contributed by atoms with van der Waals surface area (Å²) in [5.41, 5.74) is 4.24. The molecule has 6 heteroatoms. The van der Waals surface area contributed by atoms with E-state index in [9.17, 15) is 0 Å². The Morgan fingerprint density at radius 1 is 1.27 bits per heavy atom. The number of thiocarbonyl (C=S) groups is 1. The van der Waals surface area contributed by atoms with Crippen molar-refractivity contribution in [3.8, 4) is 0 Å². The van der Waals surface area contributed by atoms with Gasteiger partial charge < -0.3 is 10.6 Å². The highest BCUT2D eigenvalue weighted by Crippen LogP contribution is 2.21. The summed E-state index contributed by atoms with van der Waals surface area (Å²) in [4.78, 5) is 0. The molecule has 0 aliphatic heterocycles. The minimum Gasteiger partial charge on any atom is -0.362 e. The van der Waals surface area contributed by atoms with Crippen LogP contribution in [0.3, 0.4) is 0 Å². The highest BCUT2D eigenvalue weighted by molar-refractivity contribution is 9.10. The fourth-order valence-electron chi connectivity index (χ4n) is 2.19. The van der Waals surface area contributed by atoms with E-state index >= 15 is 0 Å². The van der Waals surface area contributed by atoms with E-state index in [1.165, 1.54) is 5.56 Å². The Bertz CT molecular complexity index is 649. The van der Waals surface area contributed by atoms with Crippen molar-refractivity contribution < 1.29 is 0 Å². The number of nitrogens with one attached hydrogen (secondary N) is 2. The first-order chi connectivity index (χ1) is 10.5. The Hall–Kier alpha value is -1.40. The molecule has 2 rings (SSSR count). The number of nitrogens with zero attached hydrogens (tertiary/aromatic N) is 2. The summed E-state index contributed by atoms with van der Waals surface area (Å²) in [7, 11) is 0. The fourth-order valence-corrected chi connectivity index (χ4v) is 2.66. The number of halogens is 1. The number of benzene rings is 1. The largest absolute Gasteiger partial charge is 0.362 e. The lowest BCUT2D eigenvalue weighted by atomic mass is 10.2. The van der Waals surface area contributed by atoms with Crippen LogP contribution in [0, 0.1) is 13.8 Å². The SMILES string of the molecule is CCCNC(=S)Nc1c(C)nn(Cc2ccc(Br)cc2)c1C. The molecular formula is C16H21BrN4S. The highest BCUT2D eigenvalue weighted by Gasteiger charge is 2.12. The molecule has 0 saturated carbocycles. The van der Waals surface area contributed by atoms with Gasteiger partial charge in [0, 0.05) is 11.0 Å². The Balaban J connectivity index is 2.12. The second-order valence-corrected chi connectivity index (χ2v) is 6.53. The smallest absolute Gasteiger partial charge is 0.170 e. The van der Waals surface area contributed by atoms with Crippen LogP contribution >= 0.6 is 28.1 Å². The van der Waals surface area contributed by atoms with E-state index in [1.807, 2.05) is 23.7 Å². The van der Waals surface area contributed by atoms with Crippen LogP contribution in [0.1, 0.15) is 30.3 Å². The van der Waals surface area contributed by atoms with Gasteiger partial charge >= 0.3 is 0 Å². The van der Waals surface area contributed by atoms with Crippen molar-refractivity contribution in [1.82, 2.24) is 15.1 Å². The summed E-state index contributed by atoms with van der Waals surface area (Å²) < 4.78 is 3.09. The van der Waals surface area contributed by atoms with E-state index in [0.29, 0.717) is 5.11 Å². The molecule has 118 valence electrons. The molecule has 4 nitrogen and oxygen atoms in total. The predicted octanol–water partition coefficient (Wildman–Crippen LogP) is 4.01. The normalized spacial score (nSPS) is 10.5. The maximum Gasteiger partial charge on any atom is 0.170 e. The molecule has 0 amide bonds. The third kappa shape index (κ3) is 4.30. The van der Waals surface area contributed by atoms with E-state index < -0.39 is 0 Å². The van der Waals surface area contributed by atoms with Crippen molar-refractivity contribution >= 4 is 38.9 Å². The maximum atomic E-state index is 5.31. The van der Waals surface area contributed by atoms with Gasteiger partial charge in [-0.25, -0.2) is 0 Å². The standard InChI is InChI=1S/C16H21BrN4S/c1-4-9-18-16(22)19-15-11(2)20-21(12(15)3)10-13-5-7-14(17)8-6-13/h5-8H,4,9-10H2,1-3H3,(H2,18,19,22). The van der Waals surface area contributed by atoms with E-state index in [-0.39, 0.29) is 0 Å². The van der Waals surface area contributed by atoms with Gasteiger partial charge in [0.1, 0.15) is 0 Å². The fraction of sp³-hybridized carbons (Fsp3) is 0.375. The van der Waals surface area contributed by atoms with Gasteiger partial charge in [-0.1, -0.05) is 35.0 Å². The average Bonchev–Trinajstić information content (AvgIpc) is 2.75. The van der Waals surface area contributed by atoms with Crippen molar-refractivity contribution in [2.75, 3.05) is 11.9 Å². The lowest BCUT2D eigenvalue weighted by molar-refractivity contribution is 0.659. The van der Waals surface area contributed by atoms with Gasteiger partial charge in [-0.2, -0.15) is 5.10 Å². The van der Waals surface area contributed by atoms with Crippen molar-refractivity contribution in [2.45, 2.75) is 33.7 Å². The third-order valence-electron chi connectivity index (χ3n) is 3.40. The first-order valence-electron chi connectivity index (χ1n) is 7.34. The van der Waals surface area contributed by atoms with E-state index in [1.54, 1.807) is 0 Å². The molecule has 2 N–H and O–H groups in total. The molecule has 1 aromatic heterocycles. The minimum absolute atomic E-state index is 0.649. The summed E-state index contributed by atoms with van der Waals surface area (Å²) in [6.07, 6.45) is 1.04. The molecule has 0 saturated heterocycles. The highest BCUT2D eigenvalue weighted by atomic mass is 79.9. The molecular weight excluding hydrogens is 360 g/mol. The van der Waals surface area contributed by atoms with Crippen LogP contribution in [0.15, 0.2) is 28.7 Å². The topological polar surface area (TPSA) is 41.9 Å².